The molecule has 1 saturated carbocycles. The minimum absolute atomic E-state index is 0.0669. The number of para-hydroxylation sites is 1. The van der Waals surface area contributed by atoms with Crippen LogP contribution >= 0.6 is 0 Å². The second kappa shape index (κ2) is 9.27. The van der Waals surface area contributed by atoms with Gasteiger partial charge in [0.2, 0.25) is 11.8 Å². The summed E-state index contributed by atoms with van der Waals surface area (Å²) in [4.78, 5) is 30.4. The Balaban J connectivity index is 1.48. The second-order valence-corrected chi connectivity index (χ2v) is 8.28. The van der Waals surface area contributed by atoms with Crippen LogP contribution in [0.5, 0.6) is 0 Å². The third kappa shape index (κ3) is 5.09. The Labute approximate surface area is 182 Å². The number of rotatable bonds is 9. The molecule has 2 aromatic carbocycles. The van der Waals surface area contributed by atoms with Gasteiger partial charge in [0.1, 0.15) is 6.04 Å². The highest BCUT2D eigenvalue weighted by Gasteiger charge is 2.49. The van der Waals surface area contributed by atoms with Gasteiger partial charge < -0.3 is 16.4 Å². The van der Waals surface area contributed by atoms with Crippen molar-refractivity contribution in [2.75, 3.05) is 11.9 Å². The lowest BCUT2D eigenvalue weighted by molar-refractivity contribution is -0.130. The van der Waals surface area contributed by atoms with Crippen LogP contribution in [0.4, 0.5) is 5.69 Å². The van der Waals surface area contributed by atoms with E-state index in [-0.39, 0.29) is 11.8 Å². The lowest BCUT2D eigenvalue weighted by atomic mass is 9.99. The molecule has 0 spiro atoms. The highest BCUT2D eigenvalue weighted by molar-refractivity contribution is 5.99. The molecule has 4 rings (SSSR count). The third-order valence-electron chi connectivity index (χ3n) is 6.00. The van der Waals surface area contributed by atoms with E-state index in [1.165, 1.54) is 0 Å². The highest BCUT2D eigenvalue weighted by Crippen LogP contribution is 2.48. The van der Waals surface area contributed by atoms with Gasteiger partial charge in [-0.05, 0) is 56.3 Å². The van der Waals surface area contributed by atoms with Gasteiger partial charge in [0.05, 0.1) is 22.8 Å². The topological polar surface area (TPSA) is 97.1 Å². The first-order chi connectivity index (χ1) is 15.1. The van der Waals surface area contributed by atoms with E-state index in [9.17, 15) is 9.59 Å². The molecule has 31 heavy (non-hydrogen) atoms. The molecule has 1 aliphatic carbocycles. The quantitative estimate of drug-likeness (QED) is 0.498. The second-order valence-electron chi connectivity index (χ2n) is 8.28. The molecule has 0 bridgehead atoms. The summed E-state index contributed by atoms with van der Waals surface area (Å²) in [5, 5.41) is 6.89. The van der Waals surface area contributed by atoms with Crippen molar-refractivity contribution < 1.29 is 9.59 Å². The predicted octanol–water partition coefficient (Wildman–Crippen LogP) is 3.42. The average Bonchev–Trinajstić information content (AvgIpc) is 3.58. The Morgan fingerprint density at radius 3 is 2.55 bits per heavy atom. The number of amides is 2. The van der Waals surface area contributed by atoms with Crippen LogP contribution in [0, 0.1) is 5.41 Å². The lowest BCUT2D eigenvalue weighted by Crippen LogP contribution is -2.47. The summed E-state index contributed by atoms with van der Waals surface area (Å²) < 4.78 is 0. The molecule has 0 aliphatic heterocycles. The van der Waals surface area contributed by atoms with E-state index in [0.29, 0.717) is 31.5 Å². The number of carbonyl (C=O) groups excluding carboxylic acids is 2. The van der Waals surface area contributed by atoms with Crippen LogP contribution in [-0.2, 0) is 16.0 Å². The molecule has 3 aromatic rings. The van der Waals surface area contributed by atoms with Crippen LogP contribution in [0.15, 0.2) is 66.9 Å². The van der Waals surface area contributed by atoms with Crippen LogP contribution in [0.2, 0.25) is 0 Å². The van der Waals surface area contributed by atoms with Crippen molar-refractivity contribution in [2.24, 2.45) is 11.1 Å². The fourth-order valence-corrected chi connectivity index (χ4v) is 3.92. The number of nitrogens with zero attached hydrogens (tertiary/aromatic N) is 1. The zero-order valence-electron chi connectivity index (χ0n) is 17.5. The van der Waals surface area contributed by atoms with Crippen LogP contribution < -0.4 is 16.4 Å². The van der Waals surface area contributed by atoms with Gasteiger partial charge in [-0.2, -0.15) is 0 Å². The van der Waals surface area contributed by atoms with Crippen molar-refractivity contribution in [1.82, 2.24) is 10.3 Å². The molecule has 1 heterocycles. The van der Waals surface area contributed by atoms with Gasteiger partial charge in [-0.15, -0.1) is 0 Å². The third-order valence-corrected chi connectivity index (χ3v) is 6.00. The number of aryl methyl sites for hydroxylation is 1. The number of benzene rings is 2. The lowest BCUT2D eigenvalue weighted by Gasteiger charge is -2.22. The van der Waals surface area contributed by atoms with E-state index in [1.807, 2.05) is 60.7 Å². The van der Waals surface area contributed by atoms with Gasteiger partial charge in [-0.25, -0.2) is 0 Å². The first kappa shape index (κ1) is 21.0. The molecule has 1 aromatic heterocycles. The first-order valence-corrected chi connectivity index (χ1v) is 10.8. The smallest absolute Gasteiger partial charge is 0.247 e. The van der Waals surface area contributed by atoms with Gasteiger partial charge in [0, 0.05) is 5.39 Å². The van der Waals surface area contributed by atoms with Crippen LogP contribution in [0.25, 0.3) is 10.9 Å². The summed E-state index contributed by atoms with van der Waals surface area (Å²) >= 11 is 0. The number of hydrogen-bond acceptors (Lipinski definition) is 4. The average molecular weight is 417 g/mol. The van der Waals surface area contributed by atoms with Crippen LogP contribution in [-0.4, -0.2) is 29.4 Å². The van der Waals surface area contributed by atoms with Gasteiger partial charge in [0.15, 0.2) is 0 Å². The van der Waals surface area contributed by atoms with E-state index in [1.54, 1.807) is 6.20 Å². The number of carbonyl (C=O) groups is 2. The summed E-state index contributed by atoms with van der Waals surface area (Å²) in [6, 6.07) is 19.0. The molecule has 2 amide bonds. The Bertz CT molecular complexity index is 1060. The molecule has 1 atom stereocenters. The van der Waals surface area contributed by atoms with E-state index < -0.39 is 11.5 Å². The van der Waals surface area contributed by atoms with E-state index in [2.05, 4.69) is 15.6 Å². The highest BCUT2D eigenvalue weighted by atomic mass is 16.2. The van der Waals surface area contributed by atoms with Crippen molar-refractivity contribution in [1.29, 1.82) is 0 Å². The van der Waals surface area contributed by atoms with Gasteiger partial charge in [-0.1, -0.05) is 48.5 Å². The predicted molar refractivity (Wildman–Crippen MR) is 122 cm³/mol. The molecule has 0 unspecified atom stereocenters. The molecule has 6 nitrogen and oxygen atoms in total. The monoisotopic (exact) mass is 416 g/mol. The van der Waals surface area contributed by atoms with E-state index in [4.69, 9.17) is 5.73 Å². The summed E-state index contributed by atoms with van der Waals surface area (Å²) in [6.45, 7) is 0.469. The van der Waals surface area contributed by atoms with Crippen molar-refractivity contribution in [3.63, 3.8) is 0 Å². The largest absolute Gasteiger partial charge is 0.344 e. The standard InChI is InChI=1S/C25H28N4O2/c26-15-14-25(12-13-25)24(31)29-22(11-10-18-6-2-1-3-7-18)23(30)28-20-16-19-8-4-5-9-21(19)27-17-20/h1-9,16-17,22H,10-15,26H2,(H,28,30)(H,29,31)/t22-/m1/s1. The number of aromatic nitrogens is 1. The summed E-state index contributed by atoms with van der Waals surface area (Å²) in [7, 11) is 0. The Morgan fingerprint density at radius 2 is 1.81 bits per heavy atom. The summed E-state index contributed by atoms with van der Waals surface area (Å²) in [6.07, 6.45) is 5.17. The van der Waals surface area contributed by atoms with Crippen molar-refractivity contribution in [3.05, 3.63) is 72.4 Å². The number of fused-ring (bicyclic) bond motifs is 1. The Hall–Kier alpha value is -3.25. The van der Waals surface area contributed by atoms with Crippen LogP contribution in [0.3, 0.4) is 0 Å². The fourth-order valence-electron chi connectivity index (χ4n) is 3.92. The molecular weight excluding hydrogens is 388 g/mol. The zero-order chi connectivity index (χ0) is 21.7. The Morgan fingerprint density at radius 1 is 1.06 bits per heavy atom. The van der Waals surface area contributed by atoms with Gasteiger partial charge in [-0.3, -0.25) is 14.6 Å². The number of anilines is 1. The zero-order valence-corrected chi connectivity index (χ0v) is 17.5. The van der Waals surface area contributed by atoms with E-state index in [0.717, 1.165) is 29.3 Å². The molecule has 0 radical (unpaired) electrons. The molecule has 0 saturated heterocycles. The Kier molecular flexibility index (Phi) is 6.28. The minimum atomic E-state index is -0.630. The number of nitrogens with two attached hydrogens (primary N) is 1. The van der Waals surface area contributed by atoms with Gasteiger partial charge >= 0.3 is 0 Å². The summed E-state index contributed by atoms with van der Waals surface area (Å²) in [5.74, 6) is -0.298. The van der Waals surface area contributed by atoms with Crippen molar-refractivity contribution >= 4 is 28.4 Å². The normalized spacial score (nSPS) is 15.3. The van der Waals surface area contributed by atoms with Crippen molar-refractivity contribution in [3.8, 4) is 0 Å². The molecule has 1 aliphatic rings. The molecule has 160 valence electrons. The number of hydrogen-bond donors (Lipinski definition) is 3. The molecule has 6 heteroatoms. The SMILES string of the molecule is NCCC1(C(=O)N[C@H](CCc2ccccc2)C(=O)Nc2cnc3ccccc3c2)CC1. The fraction of sp³-hybridized carbons (Fsp3) is 0.320. The molecule has 1 fully saturated rings. The maximum absolute atomic E-state index is 13.1. The van der Waals surface area contributed by atoms with E-state index >= 15 is 0 Å². The van der Waals surface area contributed by atoms with Gasteiger partial charge in [0.25, 0.3) is 0 Å². The number of pyridine rings is 1. The molecule has 4 N–H and O–H groups in total. The maximum Gasteiger partial charge on any atom is 0.247 e. The van der Waals surface area contributed by atoms with Crippen molar-refractivity contribution in [2.45, 2.75) is 38.1 Å². The number of nitrogens with one attached hydrogen (secondary N) is 2. The van der Waals surface area contributed by atoms with Crippen LogP contribution in [0.1, 0.15) is 31.2 Å². The summed E-state index contributed by atoms with van der Waals surface area (Å²) in [5.41, 5.74) is 7.91. The minimum Gasteiger partial charge on any atom is -0.344 e. The first-order valence-electron chi connectivity index (χ1n) is 10.8. The maximum atomic E-state index is 13.1. The molecular formula is C25H28N4O2.